The summed E-state index contributed by atoms with van der Waals surface area (Å²) in [5.41, 5.74) is 6.63. The summed E-state index contributed by atoms with van der Waals surface area (Å²) in [6.07, 6.45) is 5.48. The lowest BCUT2D eigenvalue weighted by molar-refractivity contribution is 0.372. The number of nitrogens with two attached hydrogens (primary N) is 1. The van der Waals surface area contributed by atoms with Gasteiger partial charge < -0.3 is 11.1 Å². The van der Waals surface area contributed by atoms with Crippen LogP contribution in [0.2, 0.25) is 0 Å². The summed E-state index contributed by atoms with van der Waals surface area (Å²) < 4.78 is 0. The number of nitrogens with one attached hydrogen (secondary N) is 1. The fraction of sp³-hybridized carbons (Fsp3) is 0.556. The monoisotopic (exact) mass is 178 g/mol. The van der Waals surface area contributed by atoms with Crippen molar-refractivity contribution in [3.05, 3.63) is 18.1 Å². The summed E-state index contributed by atoms with van der Waals surface area (Å²) in [6, 6.07) is 0.861. The van der Waals surface area contributed by atoms with Crippen LogP contribution < -0.4 is 11.1 Å². The van der Waals surface area contributed by atoms with Crippen LogP contribution in [0.5, 0.6) is 0 Å². The van der Waals surface area contributed by atoms with E-state index >= 15 is 0 Å². The zero-order chi connectivity index (χ0) is 9.26. The van der Waals surface area contributed by atoms with Crippen molar-refractivity contribution in [3.8, 4) is 0 Å². The average Bonchev–Trinajstić information content (AvgIpc) is 2.06. The average molecular weight is 178 g/mol. The van der Waals surface area contributed by atoms with Gasteiger partial charge >= 0.3 is 0 Å². The normalized spacial score (nSPS) is 26.6. The molecule has 1 aliphatic rings. The number of nitrogens with zero attached hydrogens (tertiary/aromatic N) is 2. The summed E-state index contributed by atoms with van der Waals surface area (Å²) in [6.45, 7) is 1.95. The van der Waals surface area contributed by atoms with Crippen molar-refractivity contribution in [2.45, 2.75) is 31.8 Å². The second kappa shape index (κ2) is 3.30. The zero-order valence-electron chi connectivity index (χ0n) is 7.70. The summed E-state index contributed by atoms with van der Waals surface area (Å²) in [4.78, 5) is 8.36. The van der Waals surface area contributed by atoms with Gasteiger partial charge in [0, 0.05) is 24.5 Å². The maximum atomic E-state index is 5.68. The predicted octanol–water partition coefficient (Wildman–Crippen LogP) is 0.687. The molecule has 0 aliphatic heterocycles. The number of hydrogen-bond acceptors (Lipinski definition) is 4. The van der Waals surface area contributed by atoms with Crippen molar-refractivity contribution in [1.29, 1.82) is 0 Å². The fourth-order valence-electron chi connectivity index (χ4n) is 1.52. The van der Waals surface area contributed by atoms with E-state index in [1.54, 1.807) is 12.4 Å². The van der Waals surface area contributed by atoms with E-state index in [9.17, 15) is 0 Å². The van der Waals surface area contributed by atoms with Crippen LogP contribution in [0.1, 0.15) is 18.5 Å². The highest BCUT2D eigenvalue weighted by Gasteiger charge is 2.26. The van der Waals surface area contributed by atoms with Gasteiger partial charge in [-0.25, -0.2) is 4.98 Å². The highest BCUT2D eigenvalue weighted by Crippen LogP contribution is 2.22. The van der Waals surface area contributed by atoms with Crippen molar-refractivity contribution < 1.29 is 0 Å². The van der Waals surface area contributed by atoms with Gasteiger partial charge in [0.15, 0.2) is 0 Å². The van der Waals surface area contributed by atoms with E-state index in [-0.39, 0.29) is 0 Å². The molecule has 4 heteroatoms. The van der Waals surface area contributed by atoms with Crippen LogP contribution in [-0.2, 0) is 0 Å². The van der Waals surface area contributed by atoms with Gasteiger partial charge in [-0.1, -0.05) is 0 Å². The first-order valence-electron chi connectivity index (χ1n) is 4.55. The van der Waals surface area contributed by atoms with Crippen LogP contribution in [0.3, 0.4) is 0 Å². The molecule has 1 aliphatic carbocycles. The van der Waals surface area contributed by atoms with Gasteiger partial charge in [0.25, 0.3) is 0 Å². The van der Waals surface area contributed by atoms with E-state index in [0.717, 1.165) is 24.4 Å². The minimum absolute atomic E-state index is 0.370. The third kappa shape index (κ3) is 1.78. The Morgan fingerprint density at radius 2 is 2.08 bits per heavy atom. The SMILES string of the molecule is Cc1nccnc1NC1CC(N)C1. The van der Waals surface area contributed by atoms with E-state index in [4.69, 9.17) is 5.73 Å². The molecule has 0 bridgehead atoms. The van der Waals surface area contributed by atoms with E-state index in [1.807, 2.05) is 6.92 Å². The summed E-state index contributed by atoms with van der Waals surface area (Å²) in [7, 11) is 0. The van der Waals surface area contributed by atoms with E-state index in [0.29, 0.717) is 12.1 Å². The maximum absolute atomic E-state index is 5.68. The van der Waals surface area contributed by atoms with Gasteiger partial charge in [-0.3, -0.25) is 4.98 Å². The van der Waals surface area contributed by atoms with Crippen LogP contribution in [0.4, 0.5) is 5.82 Å². The van der Waals surface area contributed by atoms with Gasteiger partial charge in [-0.15, -0.1) is 0 Å². The van der Waals surface area contributed by atoms with Crippen molar-refractivity contribution >= 4 is 5.82 Å². The Labute approximate surface area is 77.6 Å². The highest BCUT2D eigenvalue weighted by molar-refractivity contribution is 5.40. The Morgan fingerprint density at radius 1 is 1.38 bits per heavy atom. The molecule has 1 heterocycles. The Hall–Kier alpha value is -1.16. The van der Waals surface area contributed by atoms with Gasteiger partial charge in [-0.2, -0.15) is 0 Å². The molecule has 2 rings (SSSR count). The minimum Gasteiger partial charge on any atom is -0.366 e. The van der Waals surface area contributed by atoms with Crippen LogP contribution in [0.25, 0.3) is 0 Å². The molecule has 3 N–H and O–H groups in total. The fourth-order valence-corrected chi connectivity index (χ4v) is 1.52. The molecule has 1 fully saturated rings. The summed E-state index contributed by atoms with van der Waals surface area (Å²) in [5, 5.41) is 3.32. The Bertz CT molecular complexity index is 293. The summed E-state index contributed by atoms with van der Waals surface area (Å²) >= 11 is 0. The molecule has 13 heavy (non-hydrogen) atoms. The van der Waals surface area contributed by atoms with Crippen molar-refractivity contribution in [2.24, 2.45) is 5.73 Å². The van der Waals surface area contributed by atoms with E-state index in [1.165, 1.54) is 0 Å². The second-order valence-corrected chi connectivity index (χ2v) is 3.56. The second-order valence-electron chi connectivity index (χ2n) is 3.56. The first kappa shape index (κ1) is 8.44. The minimum atomic E-state index is 0.370. The molecule has 4 nitrogen and oxygen atoms in total. The number of aryl methyl sites for hydroxylation is 1. The molecule has 1 aromatic heterocycles. The van der Waals surface area contributed by atoms with E-state index < -0.39 is 0 Å². The smallest absolute Gasteiger partial charge is 0.147 e. The molecule has 0 radical (unpaired) electrons. The van der Waals surface area contributed by atoms with E-state index in [2.05, 4.69) is 15.3 Å². The van der Waals surface area contributed by atoms with Gasteiger partial charge in [0.2, 0.25) is 0 Å². The molecule has 0 aromatic carbocycles. The van der Waals surface area contributed by atoms with Crippen molar-refractivity contribution in [1.82, 2.24) is 9.97 Å². The Morgan fingerprint density at radius 3 is 2.69 bits per heavy atom. The number of anilines is 1. The van der Waals surface area contributed by atoms with Gasteiger partial charge in [-0.05, 0) is 19.8 Å². The van der Waals surface area contributed by atoms with Crippen LogP contribution in [0.15, 0.2) is 12.4 Å². The third-order valence-electron chi connectivity index (χ3n) is 2.40. The molecular weight excluding hydrogens is 164 g/mol. The topological polar surface area (TPSA) is 63.8 Å². The Kier molecular flexibility index (Phi) is 2.14. The first-order valence-corrected chi connectivity index (χ1v) is 4.55. The van der Waals surface area contributed by atoms with Crippen LogP contribution >= 0.6 is 0 Å². The quantitative estimate of drug-likeness (QED) is 0.699. The number of aromatic nitrogens is 2. The molecule has 0 spiro atoms. The lowest BCUT2D eigenvalue weighted by atomic mass is 9.88. The number of hydrogen-bond donors (Lipinski definition) is 2. The first-order chi connectivity index (χ1) is 6.25. The highest BCUT2D eigenvalue weighted by atomic mass is 15.1. The van der Waals surface area contributed by atoms with Crippen LogP contribution in [0, 0.1) is 6.92 Å². The lowest BCUT2D eigenvalue weighted by Crippen LogP contribution is -2.44. The molecule has 0 amide bonds. The largest absolute Gasteiger partial charge is 0.366 e. The van der Waals surface area contributed by atoms with Gasteiger partial charge in [0.1, 0.15) is 5.82 Å². The number of rotatable bonds is 2. The molecule has 0 saturated heterocycles. The molecule has 1 saturated carbocycles. The Balaban J connectivity index is 1.98. The molecule has 1 aromatic rings. The zero-order valence-corrected chi connectivity index (χ0v) is 7.70. The molecule has 0 atom stereocenters. The third-order valence-corrected chi connectivity index (χ3v) is 2.40. The standard InChI is InChI=1S/C9H14N4/c1-6-9(12-3-2-11-6)13-8-4-7(10)5-8/h2-3,7-8H,4-5,10H2,1H3,(H,12,13). The van der Waals surface area contributed by atoms with Gasteiger partial charge in [0.05, 0.1) is 5.69 Å². The molecular formula is C9H14N4. The van der Waals surface area contributed by atoms with Crippen LogP contribution in [-0.4, -0.2) is 22.1 Å². The molecule has 0 unspecified atom stereocenters. The molecule has 70 valence electrons. The van der Waals surface area contributed by atoms with Crippen molar-refractivity contribution in [2.75, 3.05) is 5.32 Å². The predicted molar refractivity (Wildman–Crippen MR) is 51.4 cm³/mol. The lowest BCUT2D eigenvalue weighted by Gasteiger charge is -2.33. The maximum Gasteiger partial charge on any atom is 0.147 e. The van der Waals surface area contributed by atoms with Crippen molar-refractivity contribution in [3.63, 3.8) is 0 Å². The summed E-state index contributed by atoms with van der Waals surface area (Å²) in [5.74, 6) is 0.888.